The summed E-state index contributed by atoms with van der Waals surface area (Å²) >= 11 is 2.03. The Morgan fingerprint density at radius 3 is 2.75 bits per heavy atom. The van der Waals surface area contributed by atoms with Gasteiger partial charge < -0.3 is 0 Å². The zero-order valence-electron chi connectivity index (χ0n) is 9.86. The number of nitriles is 1. The summed E-state index contributed by atoms with van der Waals surface area (Å²) in [6.07, 6.45) is 2.90. The molecule has 2 rings (SSSR count). The van der Waals surface area contributed by atoms with E-state index >= 15 is 0 Å². The van der Waals surface area contributed by atoms with Gasteiger partial charge in [0.1, 0.15) is 0 Å². The highest BCUT2D eigenvalue weighted by atomic mass is 32.2. The molecule has 3 nitrogen and oxygen atoms in total. The standard InChI is InChI=1S/C12H17N3S/c1-9-12(3-6-13)10(2)15(14-9)11-4-7-16-8-5-11/h11H,3-5,7-8H2,1-2H3. The number of aryl methyl sites for hydroxylation is 1. The number of hydrogen-bond donors (Lipinski definition) is 0. The molecule has 16 heavy (non-hydrogen) atoms. The van der Waals surface area contributed by atoms with E-state index in [0.29, 0.717) is 12.5 Å². The molecule has 1 aromatic rings. The van der Waals surface area contributed by atoms with Gasteiger partial charge in [-0.05, 0) is 38.2 Å². The molecule has 0 atom stereocenters. The maximum Gasteiger partial charge on any atom is 0.0671 e. The van der Waals surface area contributed by atoms with E-state index in [1.54, 1.807) is 0 Å². The number of nitrogens with zero attached hydrogens (tertiary/aromatic N) is 3. The first-order valence-electron chi connectivity index (χ1n) is 5.73. The minimum atomic E-state index is 0.485. The molecule has 0 bridgehead atoms. The first kappa shape index (κ1) is 11.5. The van der Waals surface area contributed by atoms with Crippen molar-refractivity contribution in [3.63, 3.8) is 0 Å². The Morgan fingerprint density at radius 1 is 1.44 bits per heavy atom. The third kappa shape index (κ3) is 2.10. The van der Waals surface area contributed by atoms with Gasteiger partial charge in [0.25, 0.3) is 0 Å². The van der Waals surface area contributed by atoms with Crippen LogP contribution in [0.1, 0.15) is 35.8 Å². The minimum Gasteiger partial charge on any atom is -0.266 e. The molecule has 0 N–H and O–H groups in total. The third-order valence-electron chi connectivity index (χ3n) is 3.27. The van der Waals surface area contributed by atoms with E-state index in [2.05, 4.69) is 22.8 Å². The van der Waals surface area contributed by atoms with Crippen LogP contribution in [0.5, 0.6) is 0 Å². The molecule has 0 spiro atoms. The van der Waals surface area contributed by atoms with E-state index in [1.165, 1.54) is 30.0 Å². The third-order valence-corrected chi connectivity index (χ3v) is 4.32. The Hall–Kier alpha value is -0.950. The summed E-state index contributed by atoms with van der Waals surface area (Å²) in [6.45, 7) is 4.10. The highest BCUT2D eigenvalue weighted by Crippen LogP contribution is 2.29. The van der Waals surface area contributed by atoms with E-state index in [1.807, 2.05) is 18.7 Å². The van der Waals surface area contributed by atoms with E-state index in [-0.39, 0.29) is 0 Å². The molecule has 86 valence electrons. The van der Waals surface area contributed by atoms with Crippen LogP contribution in [0.15, 0.2) is 0 Å². The molecular weight excluding hydrogens is 218 g/mol. The van der Waals surface area contributed by atoms with Gasteiger partial charge in [0, 0.05) is 11.3 Å². The van der Waals surface area contributed by atoms with Crippen LogP contribution in [-0.4, -0.2) is 21.3 Å². The van der Waals surface area contributed by atoms with Crippen LogP contribution in [0.25, 0.3) is 0 Å². The van der Waals surface area contributed by atoms with Crippen LogP contribution < -0.4 is 0 Å². The molecule has 0 radical (unpaired) electrons. The van der Waals surface area contributed by atoms with Crippen molar-refractivity contribution in [2.24, 2.45) is 0 Å². The summed E-state index contributed by atoms with van der Waals surface area (Å²) in [7, 11) is 0. The average Bonchev–Trinajstić information content (AvgIpc) is 2.59. The van der Waals surface area contributed by atoms with E-state index < -0.39 is 0 Å². The largest absolute Gasteiger partial charge is 0.266 e. The summed E-state index contributed by atoms with van der Waals surface area (Å²) in [4.78, 5) is 0. The SMILES string of the molecule is Cc1nn(C2CCSCC2)c(C)c1CC#N. The van der Waals surface area contributed by atoms with Gasteiger partial charge in [-0.3, -0.25) is 4.68 Å². The lowest BCUT2D eigenvalue weighted by atomic mass is 10.1. The highest BCUT2D eigenvalue weighted by Gasteiger charge is 2.20. The second kappa shape index (κ2) is 4.92. The zero-order valence-corrected chi connectivity index (χ0v) is 10.7. The highest BCUT2D eigenvalue weighted by molar-refractivity contribution is 7.99. The van der Waals surface area contributed by atoms with Crippen molar-refractivity contribution in [1.29, 1.82) is 5.26 Å². The quantitative estimate of drug-likeness (QED) is 0.791. The van der Waals surface area contributed by atoms with Crippen LogP contribution in [0.3, 0.4) is 0 Å². The van der Waals surface area contributed by atoms with E-state index in [9.17, 15) is 0 Å². The van der Waals surface area contributed by atoms with Gasteiger partial charge in [0.15, 0.2) is 0 Å². The number of hydrogen-bond acceptors (Lipinski definition) is 3. The van der Waals surface area contributed by atoms with Crippen LogP contribution in [0, 0.1) is 25.2 Å². The fraction of sp³-hybridized carbons (Fsp3) is 0.667. The van der Waals surface area contributed by atoms with Gasteiger partial charge in [0.05, 0.1) is 24.2 Å². The molecular formula is C12H17N3S. The monoisotopic (exact) mass is 235 g/mol. The van der Waals surface area contributed by atoms with Gasteiger partial charge in [-0.1, -0.05) is 0 Å². The molecule has 1 aliphatic heterocycles. The van der Waals surface area contributed by atoms with Crippen molar-refractivity contribution >= 4 is 11.8 Å². The maximum atomic E-state index is 8.80. The first-order chi connectivity index (χ1) is 7.74. The predicted molar refractivity (Wildman–Crippen MR) is 66.6 cm³/mol. The van der Waals surface area contributed by atoms with Gasteiger partial charge in [0.2, 0.25) is 0 Å². The molecule has 0 saturated carbocycles. The minimum absolute atomic E-state index is 0.485. The molecule has 0 aromatic carbocycles. The second-order valence-corrected chi connectivity index (χ2v) is 5.50. The molecule has 0 aliphatic carbocycles. The predicted octanol–water partition coefficient (Wildman–Crippen LogP) is 2.63. The average molecular weight is 235 g/mol. The van der Waals surface area contributed by atoms with E-state index in [4.69, 9.17) is 5.26 Å². The number of thioether (sulfide) groups is 1. The van der Waals surface area contributed by atoms with Crippen molar-refractivity contribution in [3.8, 4) is 6.07 Å². The van der Waals surface area contributed by atoms with Crippen LogP contribution >= 0.6 is 11.8 Å². The zero-order chi connectivity index (χ0) is 11.5. The van der Waals surface area contributed by atoms with Crippen molar-refractivity contribution < 1.29 is 0 Å². The maximum absolute atomic E-state index is 8.80. The number of aromatic nitrogens is 2. The van der Waals surface area contributed by atoms with Gasteiger partial charge >= 0.3 is 0 Å². The summed E-state index contributed by atoms with van der Waals surface area (Å²) in [5.41, 5.74) is 3.34. The lowest BCUT2D eigenvalue weighted by Crippen LogP contribution is -2.17. The van der Waals surface area contributed by atoms with Crippen molar-refractivity contribution in [1.82, 2.24) is 9.78 Å². The van der Waals surface area contributed by atoms with Gasteiger partial charge in [-0.15, -0.1) is 0 Å². The molecule has 1 aromatic heterocycles. The topological polar surface area (TPSA) is 41.6 Å². The summed E-state index contributed by atoms with van der Waals surface area (Å²) < 4.78 is 2.15. The molecule has 2 heterocycles. The summed E-state index contributed by atoms with van der Waals surface area (Å²) in [5.74, 6) is 2.47. The fourth-order valence-corrected chi connectivity index (χ4v) is 3.40. The Labute approximate surface area is 101 Å². The molecule has 0 amide bonds. The van der Waals surface area contributed by atoms with Gasteiger partial charge in [-0.25, -0.2) is 0 Å². The lowest BCUT2D eigenvalue weighted by molar-refractivity contribution is 0.416. The first-order valence-corrected chi connectivity index (χ1v) is 6.88. The second-order valence-electron chi connectivity index (χ2n) is 4.27. The van der Waals surface area contributed by atoms with Crippen LogP contribution in [0.2, 0.25) is 0 Å². The van der Waals surface area contributed by atoms with Crippen molar-refractivity contribution in [2.45, 2.75) is 39.2 Å². The Morgan fingerprint density at radius 2 is 2.12 bits per heavy atom. The van der Waals surface area contributed by atoms with Crippen LogP contribution in [-0.2, 0) is 6.42 Å². The molecule has 1 saturated heterocycles. The van der Waals surface area contributed by atoms with Crippen LogP contribution in [0.4, 0.5) is 0 Å². The Balaban J connectivity index is 2.27. The molecule has 1 fully saturated rings. The Kier molecular flexibility index (Phi) is 3.55. The molecule has 0 unspecified atom stereocenters. The number of rotatable bonds is 2. The van der Waals surface area contributed by atoms with Crippen molar-refractivity contribution in [2.75, 3.05) is 11.5 Å². The van der Waals surface area contributed by atoms with Crippen molar-refractivity contribution in [3.05, 3.63) is 17.0 Å². The summed E-state index contributed by atoms with van der Waals surface area (Å²) in [6, 6.07) is 2.77. The fourth-order valence-electron chi connectivity index (χ4n) is 2.32. The molecule has 4 heteroatoms. The molecule has 1 aliphatic rings. The lowest BCUT2D eigenvalue weighted by Gasteiger charge is -2.23. The van der Waals surface area contributed by atoms with Gasteiger partial charge in [-0.2, -0.15) is 22.1 Å². The Bertz CT molecular complexity index is 411. The normalized spacial score (nSPS) is 17.3. The smallest absolute Gasteiger partial charge is 0.0671 e. The van der Waals surface area contributed by atoms with E-state index in [0.717, 1.165) is 11.3 Å². The summed E-state index contributed by atoms with van der Waals surface area (Å²) in [5, 5.41) is 13.4.